The van der Waals surface area contributed by atoms with Gasteiger partial charge in [-0.15, -0.1) is 0 Å². The molecule has 1 saturated carbocycles. The summed E-state index contributed by atoms with van der Waals surface area (Å²) in [5.74, 6) is 0.464. The van der Waals surface area contributed by atoms with Crippen molar-refractivity contribution in [1.29, 1.82) is 0 Å². The Kier molecular flexibility index (Phi) is 5.13. The van der Waals surface area contributed by atoms with Crippen LogP contribution < -0.4 is 0 Å². The van der Waals surface area contributed by atoms with Crippen molar-refractivity contribution in [1.82, 2.24) is 0 Å². The monoisotopic (exact) mass is 226 g/mol. The second-order valence-electron chi connectivity index (χ2n) is 4.88. The molecule has 1 rings (SSSR count). The molecule has 1 fully saturated rings. The summed E-state index contributed by atoms with van der Waals surface area (Å²) in [6, 6.07) is 0. The van der Waals surface area contributed by atoms with E-state index < -0.39 is 0 Å². The van der Waals surface area contributed by atoms with E-state index in [9.17, 15) is 9.59 Å². The standard InChI is InChI=1S/C13H22O3/c1-4-16-6-5-11(14)13-10(3)7-9(2)8-12(13)15/h9-10,13H,4-8H2,1-3H3. The van der Waals surface area contributed by atoms with E-state index in [4.69, 9.17) is 4.74 Å². The maximum atomic E-state index is 11.9. The summed E-state index contributed by atoms with van der Waals surface area (Å²) < 4.78 is 5.15. The molecule has 3 unspecified atom stereocenters. The predicted octanol–water partition coefficient (Wildman–Crippen LogP) is 2.23. The molecule has 92 valence electrons. The fraction of sp³-hybridized carbons (Fsp3) is 0.846. The number of ether oxygens (including phenoxy) is 1. The number of carbonyl (C=O) groups excluding carboxylic acids is 2. The van der Waals surface area contributed by atoms with Gasteiger partial charge >= 0.3 is 0 Å². The first-order valence-electron chi connectivity index (χ1n) is 6.19. The molecule has 0 aromatic rings. The molecular formula is C13H22O3. The van der Waals surface area contributed by atoms with E-state index >= 15 is 0 Å². The van der Waals surface area contributed by atoms with E-state index in [2.05, 4.69) is 6.92 Å². The Hall–Kier alpha value is -0.700. The molecule has 0 amide bonds. The van der Waals surface area contributed by atoms with Gasteiger partial charge in [0.25, 0.3) is 0 Å². The lowest BCUT2D eigenvalue weighted by molar-refractivity contribution is -0.138. The molecule has 3 heteroatoms. The average molecular weight is 226 g/mol. The zero-order valence-corrected chi connectivity index (χ0v) is 10.5. The van der Waals surface area contributed by atoms with Gasteiger partial charge in [0.15, 0.2) is 0 Å². The Morgan fingerprint density at radius 1 is 1.44 bits per heavy atom. The van der Waals surface area contributed by atoms with Gasteiger partial charge < -0.3 is 4.74 Å². The Morgan fingerprint density at radius 2 is 2.12 bits per heavy atom. The minimum atomic E-state index is -0.364. The molecule has 0 aromatic carbocycles. The van der Waals surface area contributed by atoms with Crippen LogP contribution in [0.1, 0.15) is 40.0 Å². The van der Waals surface area contributed by atoms with Crippen LogP contribution >= 0.6 is 0 Å². The first-order valence-corrected chi connectivity index (χ1v) is 6.19. The molecule has 3 atom stereocenters. The normalized spacial score (nSPS) is 30.4. The number of rotatable bonds is 5. The van der Waals surface area contributed by atoms with Crippen LogP contribution in [0.2, 0.25) is 0 Å². The van der Waals surface area contributed by atoms with Crippen LogP contribution in [0, 0.1) is 17.8 Å². The minimum absolute atomic E-state index is 0.0675. The molecule has 16 heavy (non-hydrogen) atoms. The largest absolute Gasteiger partial charge is 0.381 e. The van der Waals surface area contributed by atoms with Crippen molar-refractivity contribution >= 4 is 11.6 Å². The maximum absolute atomic E-state index is 11.9. The highest BCUT2D eigenvalue weighted by Crippen LogP contribution is 2.32. The lowest BCUT2D eigenvalue weighted by Gasteiger charge is -2.30. The Labute approximate surface area is 97.5 Å². The molecule has 0 N–H and O–H groups in total. The highest BCUT2D eigenvalue weighted by Gasteiger charge is 2.36. The van der Waals surface area contributed by atoms with Gasteiger partial charge in [0, 0.05) is 19.4 Å². The summed E-state index contributed by atoms with van der Waals surface area (Å²) >= 11 is 0. The molecule has 1 aliphatic carbocycles. The van der Waals surface area contributed by atoms with Crippen LogP contribution in [0.3, 0.4) is 0 Å². The highest BCUT2D eigenvalue weighted by molar-refractivity contribution is 6.03. The molecule has 0 heterocycles. The van der Waals surface area contributed by atoms with Crippen molar-refractivity contribution in [2.45, 2.75) is 40.0 Å². The van der Waals surface area contributed by atoms with E-state index in [0.29, 0.717) is 32.0 Å². The van der Waals surface area contributed by atoms with Crippen molar-refractivity contribution in [3.05, 3.63) is 0 Å². The van der Waals surface area contributed by atoms with Gasteiger partial charge in [-0.05, 0) is 25.2 Å². The maximum Gasteiger partial charge on any atom is 0.145 e. The molecule has 0 aromatic heterocycles. The van der Waals surface area contributed by atoms with Crippen LogP contribution in [-0.4, -0.2) is 24.8 Å². The summed E-state index contributed by atoms with van der Waals surface area (Å²) in [5.41, 5.74) is 0. The van der Waals surface area contributed by atoms with Gasteiger partial charge in [0.2, 0.25) is 0 Å². The summed E-state index contributed by atoms with van der Waals surface area (Å²) in [7, 11) is 0. The van der Waals surface area contributed by atoms with Crippen LogP contribution in [-0.2, 0) is 14.3 Å². The third-order valence-electron chi connectivity index (χ3n) is 3.28. The van der Waals surface area contributed by atoms with Crippen LogP contribution in [0.15, 0.2) is 0 Å². The predicted molar refractivity (Wildman–Crippen MR) is 62.2 cm³/mol. The van der Waals surface area contributed by atoms with Gasteiger partial charge in [-0.25, -0.2) is 0 Å². The molecule has 0 radical (unpaired) electrons. The summed E-state index contributed by atoms with van der Waals surface area (Å²) in [6.45, 7) is 7.06. The Balaban J connectivity index is 2.50. The average Bonchev–Trinajstić information content (AvgIpc) is 2.16. The second-order valence-corrected chi connectivity index (χ2v) is 4.88. The topological polar surface area (TPSA) is 43.4 Å². The minimum Gasteiger partial charge on any atom is -0.381 e. The zero-order chi connectivity index (χ0) is 12.1. The lowest BCUT2D eigenvalue weighted by atomic mass is 9.72. The summed E-state index contributed by atoms with van der Waals surface area (Å²) in [4.78, 5) is 23.7. The van der Waals surface area contributed by atoms with Gasteiger partial charge in [-0.3, -0.25) is 9.59 Å². The first-order chi connectivity index (χ1) is 7.56. The SMILES string of the molecule is CCOCCC(=O)C1C(=O)CC(C)CC1C. The van der Waals surface area contributed by atoms with E-state index in [0.717, 1.165) is 6.42 Å². The Bertz CT molecular complexity index is 260. The fourth-order valence-corrected chi connectivity index (χ4v) is 2.61. The van der Waals surface area contributed by atoms with E-state index in [1.54, 1.807) is 0 Å². The van der Waals surface area contributed by atoms with Crippen molar-refractivity contribution in [2.24, 2.45) is 17.8 Å². The number of hydrogen-bond acceptors (Lipinski definition) is 3. The summed E-state index contributed by atoms with van der Waals surface area (Å²) in [6.07, 6.45) is 1.93. The van der Waals surface area contributed by atoms with Gasteiger partial charge in [-0.2, -0.15) is 0 Å². The van der Waals surface area contributed by atoms with E-state index in [-0.39, 0.29) is 23.4 Å². The molecular weight excluding hydrogens is 204 g/mol. The third-order valence-corrected chi connectivity index (χ3v) is 3.28. The summed E-state index contributed by atoms with van der Waals surface area (Å²) in [5, 5.41) is 0. The van der Waals surface area contributed by atoms with Crippen LogP contribution in [0.5, 0.6) is 0 Å². The lowest BCUT2D eigenvalue weighted by Crippen LogP contribution is -2.36. The number of carbonyl (C=O) groups is 2. The Morgan fingerprint density at radius 3 is 2.69 bits per heavy atom. The molecule has 3 nitrogen and oxygen atoms in total. The van der Waals surface area contributed by atoms with Crippen molar-refractivity contribution in [3.8, 4) is 0 Å². The van der Waals surface area contributed by atoms with Gasteiger partial charge in [0.05, 0.1) is 12.5 Å². The van der Waals surface area contributed by atoms with Crippen molar-refractivity contribution in [2.75, 3.05) is 13.2 Å². The fourth-order valence-electron chi connectivity index (χ4n) is 2.61. The first kappa shape index (κ1) is 13.4. The third kappa shape index (κ3) is 3.41. The number of hydrogen-bond donors (Lipinski definition) is 0. The number of ketones is 2. The van der Waals surface area contributed by atoms with Gasteiger partial charge in [0.1, 0.15) is 11.6 Å². The van der Waals surface area contributed by atoms with E-state index in [1.165, 1.54) is 0 Å². The van der Waals surface area contributed by atoms with Crippen molar-refractivity contribution in [3.63, 3.8) is 0 Å². The van der Waals surface area contributed by atoms with E-state index in [1.807, 2.05) is 13.8 Å². The molecule has 0 aliphatic heterocycles. The molecule has 0 saturated heterocycles. The van der Waals surface area contributed by atoms with Crippen molar-refractivity contribution < 1.29 is 14.3 Å². The molecule has 1 aliphatic rings. The van der Waals surface area contributed by atoms with Gasteiger partial charge in [-0.1, -0.05) is 13.8 Å². The smallest absolute Gasteiger partial charge is 0.145 e. The molecule has 0 bridgehead atoms. The second kappa shape index (κ2) is 6.14. The van der Waals surface area contributed by atoms with Crippen LogP contribution in [0.25, 0.3) is 0 Å². The highest BCUT2D eigenvalue weighted by atomic mass is 16.5. The number of Topliss-reactive ketones (excluding diaryl/α,β-unsaturated/α-hetero) is 2. The quantitative estimate of drug-likeness (QED) is 0.533. The van der Waals surface area contributed by atoms with Crippen LogP contribution in [0.4, 0.5) is 0 Å². The molecule has 0 spiro atoms. The zero-order valence-electron chi connectivity index (χ0n) is 10.5.